The molecule has 1 aliphatic heterocycles. The molecule has 0 aromatic heterocycles. The van der Waals surface area contributed by atoms with Gasteiger partial charge in [-0.25, -0.2) is 0 Å². The van der Waals surface area contributed by atoms with Crippen LogP contribution in [0.3, 0.4) is 0 Å². The molecular formula is C18H34N2O. The third kappa shape index (κ3) is 3.30. The van der Waals surface area contributed by atoms with Gasteiger partial charge < -0.3 is 10.5 Å². The molecule has 2 N–H and O–H groups in total. The predicted molar refractivity (Wildman–Crippen MR) is 87.3 cm³/mol. The van der Waals surface area contributed by atoms with E-state index in [1.165, 1.54) is 70.8 Å². The standard InChI is InChI=1S/C18H34N2O/c1-20(13-16-5-4-12-21-14-16)18(15-19)10-8-17(9-11-18)6-2-3-7-17/h16H,2-15,19H2,1H3. The molecule has 0 amide bonds. The van der Waals surface area contributed by atoms with Crippen molar-refractivity contribution in [2.45, 2.75) is 69.7 Å². The maximum Gasteiger partial charge on any atom is 0.0506 e. The minimum absolute atomic E-state index is 0.269. The van der Waals surface area contributed by atoms with Crippen molar-refractivity contribution >= 4 is 0 Å². The van der Waals surface area contributed by atoms with E-state index in [1.807, 2.05) is 0 Å². The van der Waals surface area contributed by atoms with E-state index in [0.717, 1.165) is 25.7 Å². The SMILES string of the molecule is CN(CC1CCCOC1)C1(CN)CCC2(CCCC2)CC1. The Morgan fingerprint density at radius 3 is 2.33 bits per heavy atom. The highest BCUT2D eigenvalue weighted by molar-refractivity contribution is 5.01. The van der Waals surface area contributed by atoms with Crippen LogP contribution in [0.25, 0.3) is 0 Å². The Morgan fingerprint density at radius 2 is 1.76 bits per heavy atom. The third-order valence-electron chi connectivity index (χ3n) is 6.88. The molecule has 0 bridgehead atoms. The number of rotatable bonds is 4. The van der Waals surface area contributed by atoms with Gasteiger partial charge in [-0.05, 0) is 69.7 Å². The topological polar surface area (TPSA) is 38.5 Å². The number of hydrogen-bond acceptors (Lipinski definition) is 3. The van der Waals surface area contributed by atoms with Crippen LogP contribution < -0.4 is 5.73 Å². The van der Waals surface area contributed by atoms with Crippen LogP contribution in [0.5, 0.6) is 0 Å². The summed E-state index contributed by atoms with van der Waals surface area (Å²) in [5, 5.41) is 0. The summed E-state index contributed by atoms with van der Waals surface area (Å²) >= 11 is 0. The first kappa shape index (κ1) is 15.8. The fourth-order valence-electron chi connectivity index (χ4n) is 5.14. The van der Waals surface area contributed by atoms with Crippen molar-refractivity contribution in [2.24, 2.45) is 17.1 Å². The molecule has 122 valence electrons. The lowest BCUT2D eigenvalue weighted by Gasteiger charge is -2.50. The number of nitrogens with two attached hydrogens (primary N) is 1. The zero-order valence-electron chi connectivity index (χ0n) is 13.9. The fraction of sp³-hybridized carbons (Fsp3) is 1.00. The Morgan fingerprint density at radius 1 is 1.05 bits per heavy atom. The molecule has 0 aromatic carbocycles. The lowest BCUT2D eigenvalue weighted by Crippen LogP contribution is -2.56. The maximum absolute atomic E-state index is 6.26. The van der Waals surface area contributed by atoms with Gasteiger partial charge in [-0.3, -0.25) is 4.90 Å². The van der Waals surface area contributed by atoms with Gasteiger partial charge in [-0.15, -0.1) is 0 Å². The second kappa shape index (κ2) is 6.55. The van der Waals surface area contributed by atoms with E-state index >= 15 is 0 Å². The smallest absolute Gasteiger partial charge is 0.0506 e. The molecular weight excluding hydrogens is 260 g/mol. The van der Waals surface area contributed by atoms with Crippen LogP contribution in [-0.2, 0) is 4.74 Å². The highest BCUT2D eigenvalue weighted by Crippen LogP contribution is 2.52. The average Bonchev–Trinajstić information content (AvgIpc) is 2.98. The van der Waals surface area contributed by atoms with Crippen molar-refractivity contribution < 1.29 is 4.74 Å². The molecule has 1 spiro atoms. The summed E-state index contributed by atoms with van der Waals surface area (Å²) in [7, 11) is 2.31. The molecule has 1 atom stereocenters. The largest absolute Gasteiger partial charge is 0.381 e. The molecule has 0 radical (unpaired) electrons. The van der Waals surface area contributed by atoms with Crippen molar-refractivity contribution in [3.8, 4) is 0 Å². The normalized spacial score (nSPS) is 31.9. The van der Waals surface area contributed by atoms with Crippen LogP contribution in [0.15, 0.2) is 0 Å². The summed E-state index contributed by atoms with van der Waals surface area (Å²) in [6, 6.07) is 0. The molecule has 1 heterocycles. The second-order valence-corrected chi connectivity index (χ2v) is 8.10. The second-order valence-electron chi connectivity index (χ2n) is 8.10. The van der Waals surface area contributed by atoms with E-state index in [-0.39, 0.29) is 5.54 Å². The number of nitrogens with zero attached hydrogens (tertiary/aromatic N) is 1. The van der Waals surface area contributed by atoms with Gasteiger partial charge in [0.05, 0.1) is 6.61 Å². The summed E-state index contributed by atoms with van der Waals surface area (Å²) < 4.78 is 5.66. The molecule has 2 aliphatic carbocycles. The van der Waals surface area contributed by atoms with Crippen LogP contribution in [0.2, 0.25) is 0 Å². The molecule has 3 heteroatoms. The van der Waals surface area contributed by atoms with Crippen LogP contribution in [-0.4, -0.2) is 43.8 Å². The molecule has 0 aromatic rings. The van der Waals surface area contributed by atoms with Gasteiger partial charge in [0.25, 0.3) is 0 Å². The lowest BCUT2D eigenvalue weighted by atomic mass is 9.66. The molecule has 1 saturated heterocycles. The van der Waals surface area contributed by atoms with E-state index in [0.29, 0.717) is 5.41 Å². The van der Waals surface area contributed by atoms with Gasteiger partial charge in [0.1, 0.15) is 0 Å². The number of ether oxygens (including phenoxy) is 1. The van der Waals surface area contributed by atoms with Crippen LogP contribution in [0.1, 0.15) is 64.2 Å². The van der Waals surface area contributed by atoms with Crippen molar-refractivity contribution in [2.75, 3.05) is 33.4 Å². The average molecular weight is 294 g/mol. The predicted octanol–water partition coefficient (Wildman–Crippen LogP) is 3.18. The van der Waals surface area contributed by atoms with E-state index in [4.69, 9.17) is 10.5 Å². The Kier molecular flexibility index (Phi) is 4.92. The first-order valence-corrected chi connectivity index (χ1v) is 9.17. The van der Waals surface area contributed by atoms with Crippen molar-refractivity contribution in [1.29, 1.82) is 0 Å². The minimum atomic E-state index is 0.269. The molecule has 3 aliphatic rings. The van der Waals surface area contributed by atoms with E-state index < -0.39 is 0 Å². The summed E-state index contributed by atoms with van der Waals surface area (Å²) in [6.07, 6.45) is 13.9. The van der Waals surface area contributed by atoms with Gasteiger partial charge in [0, 0.05) is 25.2 Å². The highest BCUT2D eigenvalue weighted by atomic mass is 16.5. The summed E-state index contributed by atoms with van der Waals surface area (Å²) in [4.78, 5) is 2.61. The van der Waals surface area contributed by atoms with Crippen molar-refractivity contribution in [3.05, 3.63) is 0 Å². The first-order chi connectivity index (χ1) is 10.2. The van der Waals surface area contributed by atoms with Gasteiger partial charge in [0.15, 0.2) is 0 Å². The van der Waals surface area contributed by atoms with Crippen molar-refractivity contribution in [3.63, 3.8) is 0 Å². The van der Waals surface area contributed by atoms with Gasteiger partial charge in [-0.2, -0.15) is 0 Å². The van der Waals surface area contributed by atoms with Gasteiger partial charge in [0.2, 0.25) is 0 Å². The molecule has 21 heavy (non-hydrogen) atoms. The van der Waals surface area contributed by atoms with Crippen molar-refractivity contribution in [1.82, 2.24) is 4.90 Å². The minimum Gasteiger partial charge on any atom is -0.381 e. The Balaban J connectivity index is 1.58. The lowest BCUT2D eigenvalue weighted by molar-refractivity contribution is -0.00745. The first-order valence-electron chi connectivity index (χ1n) is 9.17. The van der Waals surface area contributed by atoms with Gasteiger partial charge >= 0.3 is 0 Å². The summed E-state index contributed by atoms with van der Waals surface area (Å²) in [5.74, 6) is 0.717. The molecule has 3 fully saturated rings. The Hall–Kier alpha value is -0.120. The Bertz CT molecular complexity index is 322. The molecule has 3 nitrogen and oxygen atoms in total. The van der Waals surface area contributed by atoms with E-state index in [1.54, 1.807) is 0 Å². The Labute approximate surface area is 130 Å². The summed E-state index contributed by atoms with van der Waals surface area (Å²) in [5.41, 5.74) is 7.23. The number of hydrogen-bond donors (Lipinski definition) is 1. The van der Waals surface area contributed by atoms with E-state index in [9.17, 15) is 0 Å². The maximum atomic E-state index is 6.26. The molecule has 2 saturated carbocycles. The molecule has 3 rings (SSSR count). The highest BCUT2D eigenvalue weighted by Gasteiger charge is 2.45. The summed E-state index contributed by atoms with van der Waals surface area (Å²) in [6.45, 7) is 3.91. The zero-order valence-corrected chi connectivity index (χ0v) is 13.9. The zero-order chi connectivity index (χ0) is 14.8. The van der Waals surface area contributed by atoms with Crippen LogP contribution >= 0.6 is 0 Å². The van der Waals surface area contributed by atoms with Crippen LogP contribution in [0.4, 0.5) is 0 Å². The third-order valence-corrected chi connectivity index (χ3v) is 6.88. The molecule has 1 unspecified atom stereocenters. The van der Waals surface area contributed by atoms with Crippen LogP contribution in [0, 0.1) is 11.3 Å². The quantitative estimate of drug-likeness (QED) is 0.865. The number of likely N-dealkylation sites (N-methyl/N-ethyl adjacent to an activating group) is 1. The van der Waals surface area contributed by atoms with Gasteiger partial charge in [-0.1, -0.05) is 12.8 Å². The van der Waals surface area contributed by atoms with E-state index in [2.05, 4.69) is 11.9 Å². The fourth-order valence-corrected chi connectivity index (χ4v) is 5.14. The monoisotopic (exact) mass is 294 g/mol.